The van der Waals surface area contributed by atoms with Gasteiger partial charge in [-0.2, -0.15) is 0 Å². The second kappa shape index (κ2) is 16.8. The lowest BCUT2D eigenvalue weighted by atomic mass is 9.59. The number of nitrogens with zero attached hydrogens (tertiary/aromatic N) is 2. The van der Waals surface area contributed by atoms with Crippen molar-refractivity contribution >= 4 is 29.1 Å². The number of esters is 1. The average molecular weight is 744 g/mol. The Labute approximate surface area is 321 Å². The van der Waals surface area contributed by atoms with Crippen LogP contribution in [0.3, 0.4) is 0 Å². The van der Waals surface area contributed by atoms with Crippen LogP contribution in [0.5, 0.6) is 0 Å². The molecule has 2 heterocycles. The van der Waals surface area contributed by atoms with Crippen molar-refractivity contribution in [3.8, 4) is 10.4 Å². The van der Waals surface area contributed by atoms with Gasteiger partial charge < -0.3 is 20.1 Å². The number of likely N-dealkylation sites (tertiary alicyclic amines) is 1. The molecular formula is C44H61N3O5S. The minimum absolute atomic E-state index is 0.0437. The summed E-state index contributed by atoms with van der Waals surface area (Å²) in [6.07, 6.45) is 4.99. The number of thiazole rings is 1. The van der Waals surface area contributed by atoms with Crippen LogP contribution in [0, 0.1) is 35.0 Å². The summed E-state index contributed by atoms with van der Waals surface area (Å²) in [5.41, 5.74) is 4.15. The van der Waals surface area contributed by atoms with E-state index in [2.05, 4.69) is 31.1 Å². The number of benzene rings is 2. The molecule has 3 aromatic rings. The van der Waals surface area contributed by atoms with E-state index in [0.29, 0.717) is 18.8 Å². The van der Waals surface area contributed by atoms with E-state index < -0.39 is 28.9 Å². The zero-order valence-corrected chi connectivity index (χ0v) is 33.9. The van der Waals surface area contributed by atoms with Crippen LogP contribution in [-0.4, -0.2) is 51.5 Å². The van der Waals surface area contributed by atoms with E-state index in [1.54, 1.807) is 16.2 Å². The number of carbonyl (C=O) groups is 3. The highest BCUT2D eigenvalue weighted by atomic mass is 32.1. The van der Waals surface area contributed by atoms with Crippen molar-refractivity contribution in [2.75, 3.05) is 6.54 Å². The standard InChI is InChI=1S/C44H61N3O5S/c1-29(32-19-21-33(22-20-32)37-30(2)45-28-53-37)46-39(49)36-25-35(48)26-47(36)40(50)38(43(6,7)8)44(41(51)52-27-31-15-10-9-11-16-31)23-13-12-17-34(18-14-24-44)42(3,4)5/h9-11,15-16,19-22,28-29,34-36,38,48H,12-14,17-18,23-27H2,1-8H3,(H,46,49)/t29-,34?,35+,36-,38+,44?/m0/s1. The van der Waals surface area contributed by atoms with Crippen molar-refractivity contribution in [2.24, 2.45) is 28.1 Å². The van der Waals surface area contributed by atoms with E-state index in [0.717, 1.165) is 59.4 Å². The molecule has 2 amide bonds. The molecule has 1 aromatic heterocycles. The van der Waals surface area contributed by atoms with Crippen molar-refractivity contribution in [1.29, 1.82) is 0 Å². The topological polar surface area (TPSA) is 109 Å². The Bertz CT molecular complexity index is 1690. The molecule has 1 saturated heterocycles. The van der Waals surface area contributed by atoms with E-state index in [-0.39, 0.29) is 48.8 Å². The molecule has 0 radical (unpaired) electrons. The molecule has 9 heteroatoms. The van der Waals surface area contributed by atoms with Crippen molar-refractivity contribution in [3.63, 3.8) is 0 Å². The van der Waals surface area contributed by atoms with Gasteiger partial charge in [-0.25, -0.2) is 4.98 Å². The zero-order valence-electron chi connectivity index (χ0n) is 33.1. The number of rotatable bonds is 9. The number of aliphatic hydroxyl groups excluding tert-OH is 1. The number of hydrogen-bond acceptors (Lipinski definition) is 7. The van der Waals surface area contributed by atoms with Gasteiger partial charge in [0.15, 0.2) is 0 Å². The van der Waals surface area contributed by atoms with Crippen LogP contribution in [0.15, 0.2) is 60.1 Å². The number of amides is 2. The van der Waals surface area contributed by atoms with E-state index in [9.17, 15) is 14.7 Å². The second-order valence-electron chi connectivity index (χ2n) is 17.7. The quantitative estimate of drug-likeness (QED) is 0.212. The highest BCUT2D eigenvalue weighted by Crippen LogP contribution is 2.51. The second-order valence-corrected chi connectivity index (χ2v) is 18.6. The first-order valence-corrected chi connectivity index (χ1v) is 20.4. The Morgan fingerprint density at radius 2 is 1.64 bits per heavy atom. The highest BCUT2D eigenvalue weighted by Gasteiger charge is 2.57. The summed E-state index contributed by atoms with van der Waals surface area (Å²) in [5.74, 6) is -1.14. The molecule has 1 aliphatic carbocycles. The maximum atomic E-state index is 15.2. The lowest BCUT2D eigenvalue weighted by Gasteiger charge is -2.46. The highest BCUT2D eigenvalue weighted by molar-refractivity contribution is 7.13. The maximum Gasteiger partial charge on any atom is 0.313 e. The number of nitrogens with one attached hydrogen (secondary N) is 1. The Balaban J connectivity index is 1.42. The fourth-order valence-electron chi connectivity index (χ4n) is 8.91. The van der Waals surface area contributed by atoms with E-state index in [4.69, 9.17) is 4.74 Å². The van der Waals surface area contributed by atoms with E-state index >= 15 is 4.79 Å². The van der Waals surface area contributed by atoms with Crippen LogP contribution in [0.25, 0.3) is 10.4 Å². The van der Waals surface area contributed by atoms with Gasteiger partial charge >= 0.3 is 5.97 Å². The molecule has 0 spiro atoms. The van der Waals surface area contributed by atoms with Crippen LogP contribution in [-0.2, 0) is 25.7 Å². The van der Waals surface area contributed by atoms with Crippen LogP contribution >= 0.6 is 11.3 Å². The number of aryl methyl sites for hydroxylation is 1. The van der Waals surface area contributed by atoms with Gasteiger partial charge in [0.05, 0.1) is 39.6 Å². The van der Waals surface area contributed by atoms with Crippen LogP contribution in [0.1, 0.15) is 123 Å². The average Bonchev–Trinajstić information content (AvgIpc) is 3.74. The number of aliphatic hydroxyl groups is 1. The molecule has 2 aliphatic rings. The third-order valence-corrected chi connectivity index (χ3v) is 12.7. The molecule has 2 unspecified atom stereocenters. The lowest BCUT2D eigenvalue weighted by Crippen LogP contribution is -2.56. The third kappa shape index (κ3) is 9.58. The van der Waals surface area contributed by atoms with E-state index in [1.165, 1.54) is 0 Å². The zero-order chi connectivity index (χ0) is 38.6. The molecular weight excluding hydrogens is 683 g/mol. The molecule has 2 N–H and O–H groups in total. The Hall–Kier alpha value is -3.56. The fourth-order valence-corrected chi connectivity index (χ4v) is 9.72. The molecule has 2 aromatic carbocycles. The Morgan fingerprint density at radius 1 is 0.981 bits per heavy atom. The predicted octanol–water partition coefficient (Wildman–Crippen LogP) is 9.06. The maximum absolute atomic E-state index is 15.2. The molecule has 2 fully saturated rings. The summed E-state index contributed by atoms with van der Waals surface area (Å²) in [6.45, 7) is 17.0. The van der Waals surface area contributed by atoms with E-state index in [1.807, 2.05) is 94.7 Å². The molecule has 288 valence electrons. The summed E-state index contributed by atoms with van der Waals surface area (Å²) < 4.78 is 6.19. The molecule has 5 rings (SSSR count). The fraction of sp³-hybridized carbons (Fsp3) is 0.591. The monoisotopic (exact) mass is 743 g/mol. The van der Waals surface area contributed by atoms with Crippen LogP contribution in [0.4, 0.5) is 0 Å². The largest absolute Gasteiger partial charge is 0.460 e. The smallest absolute Gasteiger partial charge is 0.313 e. The molecule has 1 saturated carbocycles. The van der Waals surface area contributed by atoms with Crippen LogP contribution < -0.4 is 5.32 Å². The number of ether oxygens (including phenoxy) is 1. The van der Waals surface area contributed by atoms with Crippen molar-refractivity contribution in [2.45, 2.75) is 132 Å². The van der Waals surface area contributed by atoms with Crippen molar-refractivity contribution < 1.29 is 24.2 Å². The Kier molecular flexibility index (Phi) is 12.9. The summed E-state index contributed by atoms with van der Waals surface area (Å²) in [4.78, 5) is 51.0. The van der Waals surface area contributed by atoms with Gasteiger partial charge in [0.2, 0.25) is 11.8 Å². The molecule has 53 heavy (non-hydrogen) atoms. The van der Waals surface area contributed by atoms with Gasteiger partial charge in [0.1, 0.15) is 12.6 Å². The Morgan fingerprint density at radius 3 is 2.26 bits per heavy atom. The molecule has 6 atom stereocenters. The van der Waals surface area contributed by atoms with Gasteiger partial charge in [0, 0.05) is 13.0 Å². The van der Waals surface area contributed by atoms with Crippen molar-refractivity contribution in [1.82, 2.24) is 15.2 Å². The van der Waals surface area contributed by atoms with Gasteiger partial charge in [-0.1, -0.05) is 115 Å². The number of carbonyl (C=O) groups excluding carboxylic acids is 3. The predicted molar refractivity (Wildman–Crippen MR) is 212 cm³/mol. The number of β-amino-alcohol motifs (C(OH)–C–C–N with tert-alkyl or cyclic N) is 1. The van der Waals surface area contributed by atoms with Gasteiger partial charge in [0.25, 0.3) is 0 Å². The number of hydrogen-bond donors (Lipinski definition) is 2. The van der Waals surface area contributed by atoms with Crippen molar-refractivity contribution in [3.05, 3.63) is 76.9 Å². The van der Waals surface area contributed by atoms with Crippen LogP contribution in [0.2, 0.25) is 0 Å². The number of aromatic nitrogens is 1. The lowest BCUT2D eigenvalue weighted by molar-refractivity contribution is -0.174. The summed E-state index contributed by atoms with van der Waals surface area (Å²) >= 11 is 1.60. The molecule has 0 bridgehead atoms. The minimum Gasteiger partial charge on any atom is -0.460 e. The van der Waals surface area contributed by atoms with Gasteiger partial charge in [-0.05, 0) is 73.0 Å². The SMILES string of the molecule is Cc1ncsc1-c1ccc([C@H](C)NC(=O)[C@@H]2C[C@@H](O)CN2C(=O)[C@H](C(C)(C)C)C2(C(=O)OCc3ccccc3)CCCCC(C(C)(C)C)CCC2)cc1. The first-order valence-electron chi connectivity index (χ1n) is 19.5. The summed E-state index contributed by atoms with van der Waals surface area (Å²) in [5, 5.41) is 14.1. The van der Waals surface area contributed by atoms with Gasteiger partial charge in [-0.3, -0.25) is 14.4 Å². The third-order valence-electron chi connectivity index (χ3n) is 11.8. The molecule has 8 nitrogen and oxygen atoms in total. The summed E-state index contributed by atoms with van der Waals surface area (Å²) in [7, 11) is 0. The minimum atomic E-state index is -1.09. The first kappa shape index (κ1) is 40.6. The first-order chi connectivity index (χ1) is 25.0. The van der Waals surface area contributed by atoms with Gasteiger partial charge in [-0.15, -0.1) is 11.3 Å². The normalized spacial score (nSPS) is 24.0. The summed E-state index contributed by atoms with van der Waals surface area (Å²) in [6, 6.07) is 16.6. The molecule has 1 aliphatic heterocycles.